The molecule has 0 aromatic carbocycles. The van der Waals surface area contributed by atoms with E-state index in [-0.39, 0.29) is 0 Å². The summed E-state index contributed by atoms with van der Waals surface area (Å²) < 4.78 is 1.94. The van der Waals surface area contributed by atoms with Gasteiger partial charge < -0.3 is 10.6 Å². The van der Waals surface area contributed by atoms with Crippen LogP contribution in [0.15, 0.2) is 35.6 Å². The fourth-order valence-corrected chi connectivity index (χ4v) is 2.00. The van der Waals surface area contributed by atoms with Gasteiger partial charge in [0, 0.05) is 38.6 Å². The van der Waals surface area contributed by atoms with Crippen LogP contribution in [-0.4, -0.2) is 35.4 Å². The normalized spacial score (nSPS) is 16.2. The third-order valence-corrected chi connectivity index (χ3v) is 2.99. The van der Waals surface area contributed by atoms with Crippen LogP contribution in [0.25, 0.3) is 0 Å². The Kier molecular flexibility index (Phi) is 4.81. The minimum Gasteiger partial charge on any atom is -0.356 e. The van der Waals surface area contributed by atoms with Crippen molar-refractivity contribution in [3.63, 3.8) is 0 Å². The molecule has 0 atom stereocenters. The summed E-state index contributed by atoms with van der Waals surface area (Å²) in [5.41, 5.74) is 0. The first-order chi connectivity index (χ1) is 8.88. The van der Waals surface area contributed by atoms with Crippen LogP contribution in [0.5, 0.6) is 0 Å². The summed E-state index contributed by atoms with van der Waals surface area (Å²) in [5, 5.41) is 10.9. The molecule has 98 valence electrons. The number of aromatic nitrogens is 2. The third kappa shape index (κ3) is 3.91. The quantitative estimate of drug-likeness (QED) is 0.355. The van der Waals surface area contributed by atoms with Crippen molar-refractivity contribution >= 4 is 5.96 Å². The molecule has 2 N–H and O–H groups in total. The third-order valence-electron chi connectivity index (χ3n) is 2.99. The lowest BCUT2D eigenvalue weighted by Crippen LogP contribution is -2.42. The number of hydrogen-bond donors (Lipinski definition) is 2. The molecule has 0 saturated carbocycles. The smallest absolute Gasteiger partial charge is 0.191 e. The number of rotatable bonds is 5. The number of aryl methyl sites for hydroxylation is 1. The minimum atomic E-state index is 0.502. The highest BCUT2D eigenvalue weighted by atomic mass is 15.3. The largest absolute Gasteiger partial charge is 0.356 e. The molecule has 1 aliphatic rings. The van der Waals surface area contributed by atoms with Crippen molar-refractivity contribution in [3.8, 4) is 0 Å². The maximum absolute atomic E-state index is 4.23. The number of hydrogen-bond acceptors (Lipinski definition) is 2. The van der Waals surface area contributed by atoms with Crippen LogP contribution in [0.3, 0.4) is 0 Å². The lowest BCUT2D eigenvalue weighted by Gasteiger charge is -2.16. The standard InChI is InChI=1S/C13H21N5/c1-14-13(17-12-6-2-3-7-12)15-8-4-10-18-11-5-9-16-18/h2-3,5,9,11-12H,4,6-8,10H2,1H3,(H2,14,15,17). The highest BCUT2D eigenvalue weighted by Gasteiger charge is 2.10. The van der Waals surface area contributed by atoms with E-state index >= 15 is 0 Å². The van der Waals surface area contributed by atoms with Crippen molar-refractivity contribution < 1.29 is 0 Å². The van der Waals surface area contributed by atoms with Crippen LogP contribution in [0, 0.1) is 0 Å². The van der Waals surface area contributed by atoms with Crippen LogP contribution in [0.4, 0.5) is 0 Å². The van der Waals surface area contributed by atoms with Gasteiger partial charge in [-0.1, -0.05) is 12.2 Å². The van der Waals surface area contributed by atoms with Gasteiger partial charge in [-0.3, -0.25) is 9.67 Å². The van der Waals surface area contributed by atoms with Gasteiger partial charge in [0.2, 0.25) is 0 Å². The van der Waals surface area contributed by atoms with Gasteiger partial charge >= 0.3 is 0 Å². The second-order valence-corrected chi connectivity index (χ2v) is 4.41. The fourth-order valence-electron chi connectivity index (χ4n) is 2.00. The van der Waals surface area contributed by atoms with Gasteiger partial charge in [0.1, 0.15) is 0 Å². The van der Waals surface area contributed by atoms with Crippen molar-refractivity contribution in [2.45, 2.75) is 31.8 Å². The highest BCUT2D eigenvalue weighted by molar-refractivity contribution is 5.80. The molecule has 0 spiro atoms. The molecule has 18 heavy (non-hydrogen) atoms. The van der Waals surface area contributed by atoms with Crippen molar-refractivity contribution in [1.29, 1.82) is 0 Å². The van der Waals surface area contributed by atoms with E-state index in [0.717, 1.165) is 38.3 Å². The summed E-state index contributed by atoms with van der Waals surface area (Å²) in [6.07, 6.45) is 11.4. The lowest BCUT2D eigenvalue weighted by atomic mass is 10.2. The molecule has 1 aromatic heterocycles. The molecule has 0 radical (unpaired) electrons. The first-order valence-corrected chi connectivity index (χ1v) is 6.48. The van der Waals surface area contributed by atoms with E-state index in [0.29, 0.717) is 6.04 Å². The van der Waals surface area contributed by atoms with E-state index in [9.17, 15) is 0 Å². The van der Waals surface area contributed by atoms with Gasteiger partial charge in [-0.05, 0) is 25.3 Å². The Balaban J connectivity index is 1.61. The zero-order valence-corrected chi connectivity index (χ0v) is 10.8. The van der Waals surface area contributed by atoms with E-state index < -0.39 is 0 Å². The number of nitrogens with one attached hydrogen (secondary N) is 2. The van der Waals surface area contributed by atoms with Crippen LogP contribution in [-0.2, 0) is 6.54 Å². The molecule has 0 bridgehead atoms. The molecular weight excluding hydrogens is 226 g/mol. The van der Waals surface area contributed by atoms with Crippen LogP contribution < -0.4 is 10.6 Å². The molecule has 5 nitrogen and oxygen atoms in total. The van der Waals surface area contributed by atoms with Crippen molar-refractivity contribution in [3.05, 3.63) is 30.6 Å². The average Bonchev–Trinajstić information content (AvgIpc) is 3.06. The number of nitrogens with zero attached hydrogens (tertiary/aromatic N) is 3. The molecule has 0 saturated heterocycles. The topological polar surface area (TPSA) is 54.2 Å². The van der Waals surface area contributed by atoms with E-state index in [1.807, 2.05) is 24.0 Å². The Hall–Kier alpha value is -1.78. The fraction of sp³-hybridized carbons (Fsp3) is 0.538. The molecule has 0 amide bonds. The Bertz CT molecular complexity index is 386. The number of guanidine groups is 1. The lowest BCUT2D eigenvalue weighted by molar-refractivity contribution is 0.564. The van der Waals surface area contributed by atoms with E-state index in [1.54, 1.807) is 6.20 Å². The Morgan fingerprint density at radius 2 is 2.28 bits per heavy atom. The first-order valence-electron chi connectivity index (χ1n) is 6.48. The van der Waals surface area contributed by atoms with Crippen molar-refractivity contribution in [2.75, 3.05) is 13.6 Å². The van der Waals surface area contributed by atoms with Gasteiger partial charge in [0.15, 0.2) is 5.96 Å². The number of aliphatic imine (C=N–C) groups is 1. The Labute approximate surface area is 108 Å². The summed E-state index contributed by atoms with van der Waals surface area (Å²) in [4.78, 5) is 4.23. The van der Waals surface area contributed by atoms with Gasteiger partial charge in [-0.2, -0.15) is 5.10 Å². The Morgan fingerprint density at radius 1 is 1.44 bits per heavy atom. The van der Waals surface area contributed by atoms with Crippen LogP contribution >= 0.6 is 0 Å². The van der Waals surface area contributed by atoms with E-state index in [4.69, 9.17) is 0 Å². The van der Waals surface area contributed by atoms with Gasteiger partial charge in [0.05, 0.1) is 0 Å². The van der Waals surface area contributed by atoms with Gasteiger partial charge in [-0.15, -0.1) is 0 Å². The summed E-state index contributed by atoms with van der Waals surface area (Å²) in [7, 11) is 1.81. The summed E-state index contributed by atoms with van der Waals surface area (Å²) >= 11 is 0. The molecule has 5 heteroatoms. The molecule has 1 aromatic rings. The van der Waals surface area contributed by atoms with Crippen molar-refractivity contribution in [1.82, 2.24) is 20.4 Å². The predicted molar refractivity (Wildman–Crippen MR) is 73.5 cm³/mol. The second kappa shape index (κ2) is 6.83. The molecular formula is C13H21N5. The minimum absolute atomic E-state index is 0.502. The molecule has 1 aliphatic carbocycles. The van der Waals surface area contributed by atoms with Crippen LogP contribution in [0.1, 0.15) is 19.3 Å². The Morgan fingerprint density at radius 3 is 2.94 bits per heavy atom. The molecule has 0 aliphatic heterocycles. The predicted octanol–water partition coefficient (Wildman–Crippen LogP) is 1.16. The first kappa shape index (κ1) is 12.7. The summed E-state index contributed by atoms with van der Waals surface area (Å²) in [5.74, 6) is 0.893. The highest BCUT2D eigenvalue weighted by Crippen LogP contribution is 2.08. The van der Waals surface area contributed by atoms with E-state index in [1.165, 1.54) is 0 Å². The molecule has 2 rings (SSSR count). The molecule has 0 fully saturated rings. The van der Waals surface area contributed by atoms with Crippen LogP contribution in [0.2, 0.25) is 0 Å². The second-order valence-electron chi connectivity index (χ2n) is 4.41. The van der Waals surface area contributed by atoms with Gasteiger partial charge in [-0.25, -0.2) is 0 Å². The molecule has 1 heterocycles. The summed E-state index contributed by atoms with van der Waals surface area (Å²) in [6.45, 7) is 1.83. The maximum Gasteiger partial charge on any atom is 0.191 e. The SMILES string of the molecule is CN=C(NCCCn1cccn1)NC1CC=CC1. The molecule has 0 unspecified atom stereocenters. The monoisotopic (exact) mass is 247 g/mol. The maximum atomic E-state index is 4.23. The van der Waals surface area contributed by atoms with Crippen molar-refractivity contribution in [2.24, 2.45) is 4.99 Å². The van der Waals surface area contributed by atoms with Gasteiger partial charge in [0.25, 0.3) is 0 Å². The van der Waals surface area contributed by atoms with E-state index in [2.05, 4.69) is 32.9 Å². The zero-order valence-electron chi connectivity index (χ0n) is 10.8. The summed E-state index contributed by atoms with van der Waals surface area (Å²) in [6, 6.07) is 2.45. The zero-order chi connectivity index (χ0) is 12.6. The average molecular weight is 247 g/mol.